The number of hydrogen-bond donors (Lipinski definition) is 2. The fraction of sp³-hybridized carbons (Fsp3) is 0.857. The van der Waals surface area contributed by atoms with Gasteiger partial charge in [-0.25, -0.2) is 0 Å². The molecule has 0 aliphatic carbocycles. The number of β-amino-alcohol motifs (C(OH)–C–C–N with tert-alkyl or cyclic N) is 1. The fourth-order valence-corrected chi connectivity index (χ4v) is 1.24. The number of nitrogens with one attached hydrogen (secondary N) is 1. The number of carbonyl (C=O) groups excluding carboxylic acids is 1. The highest BCUT2D eigenvalue weighted by Gasteiger charge is 2.24. The summed E-state index contributed by atoms with van der Waals surface area (Å²) < 4.78 is 4.49. The van der Waals surface area contributed by atoms with Gasteiger partial charge in [-0.3, -0.25) is 4.79 Å². The Morgan fingerprint density at radius 2 is 2.42 bits per heavy atom. The molecule has 0 aromatic rings. The molecule has 72 valence electrons. The van der Waals surface area contributed by atoms with Crippen molar-refractivity contribution in [1.29, 1.82) is 0 Å². The van der Waals surface area contributed by atoms with Gasteiger partial charge in [0, 0.05) is 12.6 Å². The summed E-state index contributed by atoms with van der Waals surface area (Å²) in [5.74, 6) is -0.225. The van der Waals surface area contributed by atoms with Crippen LogP contribution in [0.4, 0.5) is 0 Å². The van der Waals surface area contributed by atoms with Gasteiger partial charge < -0.3 is 15.2 Å². The van der Waals surface area contributed by atoms with Crippen molar-refractivity contribution in [3.63, 3.8) is 0 Å². The van der Waals surface area contributed by atoms with Gasteiger partial charge in [-0.15, -0.1) is 12.4 Å². The molecular formula is C7H14ClNO3. The van der Waals surface area contributed by atoms with Crippen LogP contribution in [0.25, 0.3) is 0 Å². The van der Waals surface area contributed by atoms with Gasteiger partial charge in [-0.1, -0.05) is 0 Å². The quantitative estimate of drug-likeness (QED) is 0.594. The summed E-state index contributed by atoms with van der Waals surface area (Å²) in [5, 5.41) is 12.1. The number of carbonyl (C=O) groups is 1. The Kier molecular flexibility index (Phi) is 5.20. The van der Waals surface area contributed by atoms with Crippen molar-refractivity contribution < 1.29 is 14.6 Å². The van der Waals surface area contributed by atoms with Crippen molar-refractivity contribution in [2.75, 3.05) is 13.7 Å². The smallest absolute Gasteiger partial charge is 0.307 e. The second-order valence-electron chi connectivity index (χ2n) is 2.77. The summed E-state index contributed by atoms with van der Waals surface area (Å²) in [4.78, 5) is 10.7. The summed E-state index contributed by atoms with van der Waals surface area (Å²) in [5.41, 5.74) is 0. The number of methoxy groups -OCH3 is 1. The molecule has 0 spiro atoms. The summed E-state index contributed by atoms with van der Waals surface area (Å²) in [6.45, 7) is 0.585. The second kappa shape index (κ2) is 5.35. The molecule has 4 nitrogen and oxygen atoms in total. The van der Waals surface area contributed by atoms with Crippen LogP contribution in [0.3, 0.4) is 0 Å². The van der Waals surface area contributed by atoms with E-state index in [-0.39, 0.29) is 30.5 Å². The maximum absolute atomic E-state index is 10.7. The normalized spacial score (nSPS) is 27.8. The highest BCUT2D eigenvalue weighted by molar-refractivity contribution is 5.85. The van der Waals surface area contributed by atoms with Crippen LogP contribution < -0.4 is 5.32 Å². The van der Waals surface area contributed by atoms with E-state index in [2.05, 4.69) is 10.1 Å². The zero-order valence-corrected chi connectivity index (χ0v) is 7.76. The maximum atomic E-state index is 10.7. The Balaban J connectivity index is 0.00000121. The predicted octanol–water partition coefficient (Wildman–Crippen LogP) is -0.306. The minimum atomic E-state index is -0.301. The van der Waals surface area contributed by atoms with Gasteiger partial charge in [-0.2, -0.15) is 0 Å². The van der Waals surface area contributed by atoms with Crippen LogP contribution in [0.1, 0.15) is 12.8 Å². The lowest BCUT2D eigenvalue weighted by Gasteiger charge is -2.06. The fourth-order valence-electron chi connectivity index (χ4n) is 1.24. The molecule has 12 heavy (non-hydrogen) atoms. The molecule has 0 bridgehead atoms. The van der Waals surface area contributed by atoms with E-state index in [1.165, 1.54) is 7.11 Å². The van der Waals surface area contributed by atoms with E-state index in [0.717, 1.165) is 0 Å². The van der Waals surface area contributed by atoms with Crippen LogP contribution >= 0.6 is 12.4 Å². The van der Waals surface area contributed by atoms with Crippen molar-refractivity contribution in [2.24, 2.45) is 0 Å². The maximum Gasteiger partial charge on any atom is 0.307 e. The first-order valence-electron chi connectivity index (χ1n) is 3.70. The van der Waals surface area contributed by atoms with Gasteiger partial charge in [0.1, 0.15) is 0 Å². The Morgan fingerprint density at radius 1 is 1.75 bits per heavy atom. The van der Waals surface area contributed by atoms with E-state index in [9.17, 15) is 4.79 Å². The lowest BCUT2D eigenvalue weighted by molar-refractivity contribution is -0.141. The molecule has 2 N–H and O–H groups in total. The third-order valence-corrected chi connectivity index (χ3v) is 1.84. The molecule has 0 saturated carbocycles. The first-order valence-corrected chi connectivity index (χ1v) is 3.70. The Labute approximate surface area is 77.7 Å². The van der Waals surface area contributed by atoms with Crippen LogP contribution in [0.15, 0.2) is 0 Å². The molecule has 0 radical (unpaired) electrons. The number of rotatable bonds is 2. The van der Waals surface area contributed by atoms with E-state index < -0.39 is 0 Å². The molecule has 0 aromatic heterocycles. The zero-order valence-electron chi connectivity index (χ0n) is 6.95. The number of esters is 1. The van der Waals surface area contributed by atoms with Crippen LogP contribution in [-0.4, -0.2) is 36.9 Å². The van der Waals surface area contributed by atoms with Crippen molar-refractivity contribution in [3.05, 3.63) is 0 Å². The van der Waals surface area contributed by atoms with E-state index in [0.29, 0.717) is 19.4 Å². The SMILES string of the molecule is COC(=O)CC1CC(O)CN1.Cl. The first kappa shape index (κ1) is 11.7. The van der Waals surface area contributed by atoms with Crippen LogP contribution in [-0.2, 0) is 9.53 Å². The number of halogens is 1. The van der Waals surface area contributed by atoms with Gasteiger partial charge in [0.05, 0.1) is 19.6 Å². The molecule has 0 amide bonds. The number of ether oxygens (including phenoxy) is 1. The third kappa shape index (κ3) is 3.38. The summed E-state index contributed by atoms with van der Waals surface area (Å²) in [6, 6.07) is 0.0949. The molecule has 5 heteroatoms. The molecular weight excluding hydrogens is 182 g/mol. The molecule has 1 aliphatic rings. The van der Waals surface area contributed by atoms with Crippen molar-refractivity contribution in [2.45, 2.75) is 25.0 Å². The third-order valence-electron chi connectivity index (χ3n) is 1.84. The summed E-state index contributed by atoms with van der Waals surface area (Å²) in [7, 11) is 1.37. The minimum Gasteiger partial charge on any atom is -0.469 e. The van der Waals surface area contributed by atoms with E-state index >= 15 is 0 Å². The molecule has 1 rings (SSSR count). The van der Waals surface area contributed by atoms with Gasteiger partial charge in [-0.05, 0) is 6.42 Å². The number of hydrogen-bond acceptors (Lipinski definition) is 4. The molecule has 2 unspecified atom stereocenters. The standard InChI is InChI=1S/C7H13NO3.ClH/c1-11-7(10)3-5-2-6(9)4-8-5;/h5-6,8-9H,2-4H2,1H3;1H. The molecule has 1 fully saturated rings. The average Bonchev–Trinajstić information content (AvgIpc) is 2.35. The molecule has 2 atom stereocenters. The van der Waals surface area contributed by atoms with Crippen molar-refractivity contribution >= 4 is 18.4 Å². The van der Waals surface area contributed by atoms with E-state index in [4.69, 9.17) is 5.11 Å². The molecule has 1 heterocycles. The van der Waals surface area contributed by atoms with Gasteiger partial charge in [0.2, 0.25) is 0 Å². The summed E-state index contributed by atoms with van der Waals surface area (Å²) in [6.07, 6.45) is 0.701. The number of aliphatic hydroxyl groups excluding tert-OH is 1. The van der Waals surface area contributed by atoms with E-state index in [1.54, 1.807) is 0 Å². The average molecular weight is 196 g/mol. The van der Waals surface area contributed by atoms with Crippen LogP contribution in [0, 0.1) is 0 Å². The number of aliphatic hydroxyl groups is 1. The Hall–Kier alpha value is -0.320. The monoisotopic (exact) mass is 195 g/mol. The lowest BCUT2D eigenvalue weighted by Crippen LogP contribution is -2.25. The summed E-state index contributed by atoms with van der Waals surface area (Å²) >= 11 is 0. The predicted molar refractivity (Wildman–Crippen MR) is 46.3 cm³/mol. The van der Waals surface area contributed by atoms with Crippen LogP contribution in [0.5, 0.6) is 0 Å². The molecule has 1 saturated heterocycles. The van der Waals surface area contributed by atoms with Gasteiger partial charge in [0.15, 0.2) is 0 Å². The first-order chi connectivity index (χ1) is 5.22. The zero-order chi connectivity index (χ0) is 8.27. The Morgan fingerprint density at radius 3 is 2.83 bits per heavy atom. The largest absolute Gasteiger partial charge is 0.469 e. The highest BCUT2D eigenvalue weighted by Crippen LogP contribution is 2.09. The lowest BCUT2D eigenvalue weighted by atomic mass is 10.1. The topological polar surface area (TPSA) is 58.6 Å². The molecule has 1 aliphatic heterocycles. The minimum absolute atomic E-state index is 0. The van der Waals surface area contributed by atoms with Crippen LogP contribution in [0.2, 0.25) is 0 Å². The van der Waals surface area contributed by atoms with Gasteiger partial charge >= 0.3 is 5.97 Å². The van der Waals surface area contributed by atoms with E-state index in [1.807, 2.05) is 0 Å². The van der Waals surface area contributed by atoms with Crippen molar-refractivity contribution in [3.8, 4) is 0 Å². The van der Waals surface area contributed by atoms with Crippen molar-refractivity contribution in [1.82, 2.24) is 5.32 Å². The second-order valence-corrected chi connectivity index (χ2v) is 2.77. The van der Waals surface area contributed by atoms with Gasteiger partial charge in [0.25, 0.3) is 0 Å². The highest BCUT2D eigenvalue weighted by atomic mass is 35.5. The Bertz CT molecular complexity index is 154. The molecule has 0 aromatic carbocycles.